The third kappa shape index (κ3) is 4.53. The molecule has 110 valence electrons. The Morgan fingerprint density at radius 2 is 1.81 bits per heavy atom. The second-order valence-electron chi connectivity index (χ2n) is 4.63. The predicted molar refractivity (Wildman–Crippen MR) is 88.8 cm³/mol. The van der Waals surface area contributed by atoms with Crippen LogP contribution in [-0.2, 0) is 10.5 Å². The summed E-state index contributed by atoms with van der Waals surface area (Å²) in [7, 11) is 1.60. The van der Waals surface area contributed by atoms with Crippen molar-refractivity contribution in [3.63, 3.8) is 0 Å². The monoisotopic (exact) mass is 301 g/mol. The number of carbonyl (C=O) groups excluding carboxylic acids is 1. The summed E-state index contributed by atoms with van der Waals surface area (Å²) in [6.07, 6.45) is 0. The second kappa shape index (κ2) is 7.74. The number of hydrogen-bond donors (Lipinski definition) is 1. The van der Waals surface area contributed by atoms with Crippen LogP contribution < -0.4 is 10.1 Å². The molecule has 3 nitrogen and oxygen atoms in total. The molecule has 2 rings (SSSR count). The smallest absolute Gasteiger partial charge is 0.237 e. The van der Waals surface area contributed by atoms with Crippen molar-refractivity contribution in [3.8, 4) is 5.75 Å². The topological polar surface area (TPSA) is 38.3 Å². The molecule has 2 aromatic carbocycles. The van der Waals surface area contributed by atoms with Crippen LogP contribution in [0.2, 0.25) is 0 Å². The quantitative estimate of drug-likeness (QED) is 0.878. The molecule has 0 aromatic heterocycles. The number of thioether (sulfide) groups is 1. The molecule has 0 fully saturated rings. The molecule has 0 radical (unpaired) electrons. The first-order valence-corrected chi connectivity index (χ1v) is 7.85. The van der Waals surface area contributed by atoms with Crippen molar-refractivity contribution < 1.29 is 9.53 Å². The lowest BCUT2D eigenvalue weighted by atomic mass is 10.2. The molecule has 1 amide bonds. The number of ether oxygens (including phenoxy) is 1. The standard InChI is InChI=1S/C17H19NO2S/c1-13(21-12-14-8-4-3-5-9-14)17(19)18-15-10-6-7-11-16(15)20-2/h3-11,13H,12H2,1-2H3,(H,18,19)/t13-/m0/s1. The van der Waals surface area contributed by atoms with Crippen LogP contribution in [0.4, 0.5) is 5.69 Å². The summed E-state index contributed by atoms with van der Waals surface area (Å²) < 4.78 is 5.23. The predicted octanol–water partition coefficient (Wildman–Crippen LogP) is 3.96. The fourth-order valence-electron chi connectivity index (χ4n) is 1.85. The van der Waals surface area contributed by atoms with Gasteiger partial charge in [-0.3, -0.25) is 4.79 Å². The second-order valence-corrected chi connectivity index (χ2v) is 5.96. The number of methoxy groups -OCH3 is 1. The number of amides is 1. The highest BCUT2D eigenvalue weighted by atomic mass is 32.2. The van der Waals surface area contributed by atoms with Crippen LogP contribution in [0.15, 0.2) is 54.6 Å². The highest BCUT2D eigenvalue weighted by Crippen LogP contribution is 2.25. The molecule has 0 heterocycles. The van der Waals surface area contributed by atoms with Gasteiger partial charge in [-0.15, -0.1) is 11.8 Å². The van der Waals surface area contributed by atoms with Crippen LogP contribution in [0.1, 0.15) is 12.5 Å². The van der Waals surface area contributed by atoms with Crippen molar-refractivity contribution in [1.82, 2.24) is 0 Å². The van der Waals surface area contributed by atoms with E-state index in [1.807, 2.05) is 49.4 Å². The molecule has 0 saturated carbocycles. The lowest BCUT2D eigenvalue weighted by Gasteiger charge is -2.14. The summed E-state index contributed by atoms with van der Waals surface area (Å²) in [5.74, 6) is 1.48. The van der Waals surface area contributed by atoms with E-state index in [1.54, 1.807) is 18.9 Å². The zero-order chi connectivity index (χ0) is 15.1. The minimum atomic E-state index is -0.130. The Bertz CT molecular complexity index is 586. The van der Waals surface area contributed by atoms with E-state index in [1.165, 1.54) is 5.56 Å². The largest absolute Gasteiger partial charge is 0.495 e. The average molecular weight is 301 g/mol. The highest BCUT2D eigenvalue weighted by Gasteiger charge is 2.15. The molecule has 0 bridgehead atoms. The number of nitrogens with one attached hydrogen (secondary N) is 1. The fraction of sp³-hybridized carbons (Fsp3) is 0.235. The van der Waals surface area contributed by atoms with E-state index in [-0.39, 0.29) is 11.2 Å². The van der Waals surface area contributed by atoms with Crippen molar-refractivity contribution >= 4 is 23.4 Å². The first-order valence-electron chi connectivity index (χ1n) is 6.80. The van der Waals surface area contributed by atoms with Gasteiger partial charge in [-0.1, -0.05) is 42.5 Å². The maximum Gasteiger partial charge on any atom is 0.237 e. The van der Waals surface area contributed by atoms with Crippen LogP contribution in [-0.4, -0.2) is 18.3 Å². The molecular formula is C17H19NO2S. The van der Waals surface area contributed by atoms with Crippen LogP contribution >= 0.6 is 11.8 Å². The van der Waals surface area contributed by atoms with Gasteiger partial charge in [0.2, 0.25) is 5.91 Å². The Hall–Kier alpha value is -1.94. The van der Waals surface area contributed by atoms with Crippen molar-refractivity contribution in [1.29, 1.82) is 0 Å². The Kier molecular flexibility index (Phi) is 5.69. The van der Waals surface area contributed by atoms with Crippen molar-refractivity contribution in [2.45, 2.75) is 17.9 Å². The Balaban J connectivity index is 1.90. The van der Waals surface area contributed by atoms with Gasteiger partial charge < -0.3 is 10.1 Å². The lowest BCUT2D eigenvalue weighted by Crippen LogP contribution is -2.22. The van der Waals surface area contributed by atoms with Crippen LogP contribution in [0.3, 0.4) is 0 Å². The summed E-state index contributed by atoms with van der Waals surface area (Å²) in [4.78, 5) is 12.2. The number of anilines is 1. The van der Waals surface area contributed by atoms with Gasteiger partial charge in [-0.25, -0.2) is 0 Å². The first-order chi connectivity index (χ1) is 10.2. The molecule has 21 heavy (non-hydrogen) atoms. The van der Waals surface area contributed by atoms with E-state index in [2.05, 4.69) is 17.4 Å². The molecule has 1 atom stereocenters. The Labute approximate surface area is 129 Å². The maximum atomic E-state index is 12.2. The van der Waals surface area contributed by atoms with Crippen molar-refractivity contribution in [2.24, 2.45) is 0 Å². The minimum absolute atomic E-state index is 0.0135. The SMILES string of the molecule is COc1ccccc1NC(=O)[C@H](C)SCc1ccccc1. The van der Waals surface area contributed by atoms with Gasteiger partial charge >= 0.3 is 0 Å². The minimum Gasteiger partial charge on any atom is -0.495 e. The number of carbonyl (C=O) groups is 1. The summed E-state index contributed by atoms with van der Waals surface area (Å²) in [6, 6.07) is 17.6. The molecule has 0 saturated heterocycles. The van der Waals surface area contributed by atoms with E-state index < -0.39 is 0 Å². The summed E-state index contributed by atoms with van der Waals surface area (Å²) >= 11 is 1.62. The molecule has 0 unspecified atom stereocenters. The fourth-order valence-corrected chi connectivity index (χ4v) is 2.70. The van der Waals surface area contributed by atoms with E-state index in [0.29, 0.717) is 11.4 Å². The molecule has 2 aromatic rings. The van der Waals surface area contributed by atoms with Gasteiger partial charge in [0.15, 0.2) is 0 Å². The van der Waals surface area contributed by atoms with E-state index in [9.17, 15) is 4.79 Å². The molecule has 0 aliphatic heterocycles. The van der Waals surface area contributed by atoms with Gasteiger partial charge in [0.05, 0.1) is 18.0 Å². The molecule has 4 heteroatoms. The molecule has 1 N–H and O–H groups in total. The third-order valence-electron chi connectivity index (χ3n) is 3.08. The van der Waals surface area contributed by atoms with Crippen LogP contribution in [0.5, 0.6) is 5.75 Å². The van der Waals surface area contributed by atoms with E-state index in [0.717, 1.165) is 5.75 Å². The summed E-state index contributed by atoms with van der Waals surface area (Å²) in [5, 5.41) is 2.78. The number of rotatable bonds is 6. The number of hydrogen-bond acceptors (Lipinski definition) is 3. The lowest BCUT2D eigenvalue weighted by molar-refractivity contribution is -0.115. The molecular weight excluding hydrogens is 282 g/mol. The van der Waals surface area contributed by atoms with Crippen LogP contribution in [0.25, 0.3) is 0 Å². The van der Waals surface area contributed by atoms with Crippen LogP contribution in [0, 0.1) is 0 Å². The van der Waals surface area contributed by atoms with Gasteiger partial charge in [0.25, 0.3) is 0 Å². The van der Waals surface area contributed by atoms with Gasteiger partial charge in [0.1, 0.15) is 5.75 Å². The van der Waals surface area contributed by atoms with E-state index in [4.69, 9.17) is 4.74 Å². The highest BCUT2D eigenvalue weighted by molar-refractivity contribution is 7.99. The number of benzene rings is 2. The zero-order valence-corrected chi connectivity index (χ0v) is 13.0. The molecule has 0 aliphatic carbocycles. The summed E-state index contributed by atoms with van der Waals surface area (Å²) in [6.45, 7) is 1.92. The Morgan fingerprint density at radius 1 is 1.14 bits per heavy atom. The van der Waals surface area contributed by atoms with Crippen molar-refractivity contribution in [3.05, 3.63) is 60.2 Å². The number of para-hydroxylation sites is 2. The zero-order valence-electron chi connectivity index (χ0n) is 12.2. The maximum absolute atomic E-state index is 12.2. The molecule has 0 spiro atoms. The normalized spacial score (nSPS) is 11.7. The average Bonchev–Trinajstić information content (AvgIpc) is 2.54. The van der Waals surface area contributed by atoms with Gasteiger partial charge in [0, 0.05) is 5.75 Å². The van der Waals surface area contributed by atoms with E-state index >= 15 is 0 Å². The summed E-state index contributed by atoms with van der Waals surface area (Å²) in [5.41, 5.74) is 1.93. The first kappa shape index (κ1) is 15.4. The van der Waals surface area contributed by atoms with Gasteiger partial charge in [-0.05, 0) is 24.6 Å². The van der Waals surface area contributed by atoms with Crippen molar-refractivity contribution in [2.75, 3.05) is 12.4 Å². The molecule has 0 aliphatic rings. The third-order valence-corrected chi connectivity index (χ3v) is 4.29. The van der Waals surface area contributed by atoms with Gasteiger partial charge in [-0.2, -0.15) is 0 Å². The Morgan fingerprint density at radius 3 is 2.52 bits per heavy atom.